The molecule has 1 aromatic heterocycles. The first kappa shape index (κ1) is 15.0. The van der Waals surface area contributed by atoms with E-state index in [1.54, 1.807) is 7.11 Å². The van der Waals surface area contributed by atoms with Gasteiger partial charge in [0.25, 0.3) is 0 Å². The lowest BCUT2D eigenvalue weighted by molar-refractivity contribution is 0.175. The summed E-state index contributed by atoms with van der Waals surface area (Å²) in [5.41, 5.74) is 1.58. The molecule has 1 N–H and O–H groups in total. The first-order chi connectivity index (χ1) is 9.12. The van der Waals surface area contributed by atoms with Crippen molar-refractivity contribution in [3.8, 4) is 0 Å². The molecule has 1 aromatic rings. The zero-order valence-corrected chi connectivity index (χ0v) is 13.7. The van der Waals surface area contributed by atoms with Crippen LogP contribution in [0.3, 0.4) is 0 Å². The van der Waals surface area contributed by atoms with Crippen LogP contribution in [0, 0.1) is 5.41 Å². The lowest BCUT2D eigenvalue weighted by Gasteiger charge is -2.34. The van der Waals surface area contributed by atoms with Crippen molar-refractivity contribution in [2.24, 2.45) is 5.41 Å². The van der Waals surface area contributed by atoms with Crippen LogP contribution >= 0.6 is 15.9 Å². The van der Waals surface area contributed by atoms with Crippen molar-refractivity contribution < 1.29 is 4.74 Å². The molecule has 1 atom stereocenters. The molecule has 1 unspecified atom stereocenters. The highest BCUT2D eigenvalue weighted by Crippen LogP contribution is 2.48. The molecule has 0 saturated heterocycles. The van der Waals surface area contributed by atoms with Gasteiger partial charge in [0.15, 0.2) is 0 Å². The van der Waals surface area contributed by atoms with Crippen LogP contribution < -0.4 is 5.32 Å². The number of methoxy groups -OCH3 is 1. The van der Waals surface area contributed by atoms with Gasteiger partial charge in [0, 0.05) is 7.11 Å². The largest absolute Gasteiger partial charge is 0.383 e. The summed E-state index contributed by atoms with van der Waals surface area (Å²) in [5, 5.41) is 7.99. The van der Waals surface area contributed by atoms with Gasteiger partial charge in [-0.3, -0.25) is 4.68 Å². The van der Waals surface area contributed by atoms with Gasteiger partial charge in [0.2, 0.25) is 0 Å². The van der Waals surface area contributed by atoms with E-state index >= 15 is 0 Å². The first-order valence-corrected chi connectivity index (χ1v) is 7.79. The molecule has 0 aromatic carbocycles. The average molecular weight is 330 g/mol. The molecule has 0 bridgehead atoms. The van der Waals surface area contributed by atoms with E-state index < -0.39 is 0 Å². The van der Waals surface area contributed by atoms with Gasteiger partial charge in [0.05, 0.1) is 35.6 Å². The molecule has 1 heterocycles. The highest BCUT2D eigenvalue weighted by Gasteiger charge is 2.39. The zero-order chi connectivity index (χ0) is 13.9. The van der Waals surface area contributed by atoms with Crippen LogP contribution in [-0.2, 0) is 11.3 Å². The molecule has 1 saturated carbocycles. The third kappa shape index (κ3) is 3.03. The molecule has 5 heteroatoms. The van der Waals surface area contributed by atoms with Crippen LogP contribution in [0.5, 0.6) is 0 Å². The Labute approximate surface area is 124 Å². The van der Waals surface area contributed by atoms with Crippen molar-refractivity contribution in [1.82, 2.24) is 15.1 Å². The average Bonchev–Trinajstić information content (AvgIpc) is 2.97. The van der Waals surface area contributed by atoms with E-state index in [2.05, 4.69) is 38.0 Å². The second-order valence-electron chi connectivity index (χ2n) is 5.68. The van der Waals surface area contributed by atoms with Crippen molar-refractivity contribution in [2.75, 3.05) is 20.8 Å². The van der Waals surface area contributed by atoms with Crippen molar-refractivity contribution in [2.45, 2.75) is 45.2 Å². The van der Waals surface area contributed by atoms with Crippen LogP contribution in [-0.4, -0.2) is 30.5 Å². The highest BCUT2D eigenvalue weighted by atomic mass is 79.9. The summed E-state index contributed by atoms with van der Waals surface area (Å²) < 4.78 is 8.34. The van der Waals surface area contributed by atoms with Gasteiger partial charge in [-0.15, -0.1) is 0 Å². The van der Waals surface area contributed by atoms with Gasteiger partial charge in [-0.1, -0.05) is 19.8 Å². The van der Waals surface area contributed by atoms with E-state index in [-0.39, 0.29) is 0 Å². The van der Waals surface area contributed by atoms with Crippen LogP contribution in [0.15, 0.2) is 10.7 Å². The smallest absolute Gasteiger partial charge is 0.0702 e. The Morgan fingerprint density at radius 3 is 2.79 bits per heavy atom. The second-order valence-corrected chi connectivity index (χ2v) is 6.53. The molecule has 1 aliphatic rings. The van der Waals surface area contributed by atoms with Gasteiger partial charge in [0.1, 0.15) is 0 Å². The maximum atomic E-state index is 5.18. The third-order valence-electron chi connectivity index (χ3n) is 4.35. The number of aromatic nitrogens is 2. The summed E-state index contributed by atoms with van der Waals surface area (Å²) in [6.45, 7) is 3.88. The molecule has 1 aliphatic carbocycles. The minimum absolute atomic E-state index is 0.322. The van der Waals surface area contributed by atoms with E-state index in [4.69, 9.17) is 4.74 Å². The summed E-state index contributed by atoms with van der Waals surface area (Å²) in [6.07, 6.45) is 7.12. The van der Waals surface area contributed by atoms with Crippen LogP contribution in [0.2, 0.25) is 0 Å². The van der Waals surface area contributed by atoms with Crippen molar-refractivity contribution in [1.29, 1.82) is 0 Å². The van der Waals surface area contributed by atoms with Gasteiger partial charge < -0.3 is 10.1 Å². The third-order valence-corrected chi connectivity index (χ3v) is 4.96. The Morgan fingerprint density at radius 1 is 1.53 bits per heavy atom. The molecule has 108 valence electrons. The van der Waals surface area contributed by atoms with Crippen LogP contribution in [0.25, 0.3) is 0 Å². The highest BCUT2D eigenvalue weighted by molar-refractivity contribution is 9.10. The quantitative estimate of drug-likeness (QED) is 0.871. The van der Waals surface area contributed by atoms with Gasteiger partial charge in [-0.05, 0) is 41.2 Å². The Hall–Kier alpha value is -0.390. The summed E-state index contributed by atoms with van der Waals surface area (Å²) in [6, 6.07) is 0.337. The Balaban J connectivity index is 2.29. The van der Waals surface area contributed by atoms with Crippen molar-refractivity contribution in [3.63, 3.8) is 0 Å². The van der Waals surface area contributed by atoms with Crippen molar-refractivity contribution in [3.05, 3.63) is 16.4 Å². The van der Waals surface area contributed by atoms with E-state index in [0.717, 1.165) is 11.0 Å². The predicted octanol–water partition coefficient (Wildman–Crippen LogP) is 3.13. The maximum absolute atomic E-state index is 5.18. The minimum atomic E-state index is 0.322. The minimum Gasteiger partial charge on any atom is -0.383 e. The van der Waals surface area contributed by atoms with Gasteiger partial charge >= 0.3 is 0 Å². The van der Waals surface area contributed by atoms with Gasteiger partial charge in [-0.2, -0.15) is 5.10 Å². The second kappa shape index (κ2) is 6.37. The topological polar surface area (TPSA) is 39.1 Å². The number of hydrogen-bond donors (Lipinski definition) is 1. The number of nitrogens with one attached hydrogen (secondary N) is 1. The molecular weight excluding hydrogens is 306 g/mol. The zero-order valence-electron chi connectivity index (χ0n) is 12.1. The van der Waals surface area contributed by atoms with Crippen LogP contribution in [0.1, 0.15) is 44.3 Å². The SMILES string of the molecule is CNC(c1c(Br)cnn1CCOC)C1(C)CCCC1. The number of nitrogens with zero attached hydrogens (tertiary/aromatic N) is 2. The molecule has 0 radical (unpaired) electrons. The predicted molar refractivity (Wildman–Crippen MR) is 80.2 cm³/mol. The van der Waals surface area contributed by atoms with E-state index in [9.17, 15) is 0 Å². The number of rotatable bonds is 6. The molecule has 19 heavy (non-hydrogen) atoms. The molecule has 0 spiro atoms. The van der Waals surface area contributed by atoms with Crippen molar-refractivity contribution >= 4 is 15.9 Å². The number of hydrogen-bond acceptors (Lipinski definition) is 3. The maximum Gasteiger partial charge on any atom is 0.0702 e. The molecular formula is C14H24BrN3O. The fourth-order valence-corrected chi connectivity index (χ4v) is 3.83. The number of ether oxygens (including phenoxy) is 1. The van der Waals surface area contributed by atoms with E-state index in [0.29, 0.717) is 18.1 Å². The fraction of sp³-hybridized carbons (Fsp3) is 0.786. The summed E-state index contributed by atoms with van der Waals surface area (Å²) in [4.78, 5) is 0. The molecule has 0 amide bonds. The molecule has 4 nitrogen and oxygen atoms in total. The van der Waals surface area contributed by atoms with Gasteiger partial charge in [-0.25, -0.2) is 0 Å². The summed E-state index contributed by atoms with van der Waals surface area (Å²) in [5.74, 6) is 0. The monoisotopic (exact) mass is 329 g/mol. The Kier molecular flexibility index (Phi) is 5.03. The van der Waals surface area contributed by atoms with Crippen LogP contribution in [0.4, 0.5) is 0 Å². The Morgan fingerprint density at radius 2 is 2.21 bits per heavy atom. The first-order valence-electron chi connectivity index (χ1n) is 7.00. The Bertz CT molecular complexity index is 413. The normalized spacial score (nSPS) is 19.8. The molecule has 0 aliphatic heterocycles. The van der Waals surface area contributed by atoms with E-state index in [1.807, 2.05) is 13.2 Å². The summed E-state index contributed by atoms with van der Waals surface area (Å²) in [7, 11) is 3.78. The lowest BCUT2D eigenvalue weighted by atomic mass is 9.79. The fourth-order valence-electron chi connectivity index (χ4n) is 3.30. The van der Waals surface area contributed by atoms with E-state index in [1.165, 1.54) is 31.4 Å². The summed E-state index contributed by atoms with van der Waals surface area (Å²) >= 11 is 3.66. The number of halogens is 1. The molecule has 1 fully saturated rings. The lowest BCUT2D eigenvalue weighted by Crippen LogP contribution is -2.34. The molecule has 2 rings (SSSR count). The standard InChI is InChI=1S/C14H24BrN3O/c1-14(6-4-5-7-14)13(16-2)12-11(15)10-17-18(12)8-9-19-3/h10,13,16H,4-9H2,1-3H3.